The molecule has 35 heavy (non-hydrogen) atoms. The Morgan fingerprint density at radius 3 is 2.00 bits per heavy atom. The second-order valence-corrected chi connectivity index (χ2v) is 8.52. The van der Waals surface area contributed by atoms with Crippen molar-refractivity contribution >= 4 is 17.9 Å². The van der Waals surface area contributed by atoms with Crippen molar-refractivity contribution in [3.8, 4) is 0 Å². The van der Waals surface area contributed by atoms with Crippen molar-refractivity contribution in [2.75, 3.05) is 26.4 Å². The number of esters is 3. The molecule has 0 aromatic heterocycles. The minimum absolute atomic E-state index is 0.00960. The first-order chi connectivity index (χ1) is 16.7. The molecule has 10 heteroatoms. The van der Waals surface area contributed by atoms with Gasteiger partial charge in [0.05, 0.1) is 25.5 Å². The highest BCUT2D eigenvalue weighted by Gasteiger charge is 2.35. The van der Waals surface area contributed by atoms with Gasteiger partial charge in [-0.05, 0) is 50.9 Å². The molecule has 1 aliphatic heterocycles. The fraction of sp³-hybridized carbons (Fsp3) is 0.640. The van der Waals surface area contributed by atoms with Crippen LogP contribution in [0, 0.1) is 11.8 Å². The summed E-state index contributed by atoms with van der Waals surface area (Å²) in [6.45, 7) is 10.6. The fourth-order valence-corrected chi connectivity index (χ4v) is 4.16. The first-order valence-electron chi connectivity index (χ1n) is 12.0. The van der Waals surface area contributed by atoms with Gasteiger partial charge >= 0.3 is 17.9 Å². The molecule has 0 aromatic carbocycles. The number of carbonyl (C=O) groups excluding carboxylic acids is 3. The summed E-state index contributed by atoms with van der Waals surface area (Å²) in [5.74, 6) is -2.06. The van der Waals surface area contributed by atoms with Crippen LogP contribution in [-0.4, -0.2) is 77.9 Å². The Morgan fingerprint density at radius 1 is 0.829 bits per heavy atom. The highest BCUT2D eigenvalue weighted by atomic mass is 16.5. The molecule has 0 saturated carbocycles. The van der Waals surface area contributed by atoms with Crippen LogP contribution in [-0.2, 0) is 28.6 Å². The Morgan fingerprint density at radius 2 is 1.40 bits per heavy atom. The summed E-state index contributed by atoms with van der Waals surface area (Å²) in [5.41, 5.74) is 6.47. The van der Waals surface area contributed by atoms with Gasteiger partial charge in [0.2, 0.25) is 0 Å². The van der Waals surface area contributed by atoms with Gasteiger partial charge in [-0.3, -0.25) is 4.90 Å². The molecule has 0 amide bonds. The minimum Gasteiger partial charge on any atom is -0.463 e. The minimum atomic E-state index is -0.987. The predicted octanol–water partition coefficient (Wildman–Crippen LogP) is 1.42. The number of nitrogens with zero attached hydrogens (tertiary/aromatic N) is 1. The fourth-order valence-electron chi connectivity index (χ4n) is 4.16. The summed E-state index contributed by atoms with van der Waals surface area (Å²) in [4.78, 5) is 35.7. The zero-order valence-corrected chi connectivity index (χ0v) is 20.4. The number of carbonyl (C=O) groups is 3. The van der Waals surface area contributed by atoms with E-state index in [1.54, 1.807) is 4.90 Å². The van der Waals surface area contributed by atoms with Crippen LogP contribution in [0.1, 0.15) is 44.9 Å². The molecule has 0 bridgehead atoms. The van der Waals surface area contributed by atoms with E-state index in [2.05, 4.69) is 19.7 Å². The molecule has 1 aliphatic rings. The van der Waals surface area contributed by atoms with Crippen LogP contribution in [0.15, 0.2) is 38.0 Å². The highest BCUT2D eigenvalue weighted by molar-refractivity contribution is 5.81. The van der Waals surface area contributed by atoms with E-state index in [-0.39, 0.29) is 38.2 Å². The number of aliphatic hydroxyl groups is 2. The zero-order chi connectivity index (χ0) is 26.2. The molecule has 1 saturated heterocycles. The van der Waals surface area contributed by atoms with Crippen LogP contribution in [0.3, 0.4) is 0 Å². The van der Waals surface area contributed by atoms with E-state index in [0.29, 0.717) is 38.5 Å². The molecule has 0 spiro atoms. The van der Waals surface area contributed by atoms with Gasteiger partial charge in [0.15, 0.2) is 0 Å². The Labute approximate surface area is 207 Å². The first-order valence-corrected chi connectivity index (χ1v) is 12.0. The molecule has 1 rings (SSSR count). The summed E-state index contributed by atoms with van der Waals surface area (Å²) in [7, 11) is 0. The summed E-state index contributed by atoms with van der Waals surface area (Å²) in [6.07, 6.45) is 4.74. The smallest absolute Gasteiger partial charge is 0.330 e. The quantitative estimate of drug-likeness (QED) is 0.139. The van der Waals surface area contributed by atoms with Crippen molar-refractivity contribution in [3.05, 3.63) is 38.0 Å². The van der Waals surface area contributed by atoms with Crippen LogP contribution < -0.4 is 5.73 Å². The van der Waals surface area contributed by atoms with Gasteiger partial charge in [-0.2, -0.15) is 0 Å². The molecule has 0 aromatic rings. The van der Waals surface area contributed by atoms with E-state index in [1.165, 1.54) is 0 Å². The van der Waals surface area contributed by atoms with Crippen LogP contribution in [0.25, 0.3) is 0 Å². The van der Waals surface area contributed by atoms with Gasteiger partial charge in [0.25, 0.3) is 0 Å². The van der Waals surface area contributed by atoms with E-state index < -0.39 is 36.4 Å². The third-order valence-electron chi connectivity index (χ3n) is 6.15. The van der Waals surface area contributed by atoms with Gasteiger partial charge in [-0.1, -0.05) is 19.7 Å². The average molecular weight is 497 g/mol. The third kappa shape index (κ3) is 11.6. The second-order valence-electron chi connectivity index (χ2n) is 8.52. The molecule has 198 valence electrons. The van der Waals surface area contributed by atoms with Gasteiger partial charge in [0.1, 0.15) is 12.8 Å². The lowest BCUT2D eigenvalue weighted by Crippen LogP contribution is -2.53. The zero-order valence-electron chi connectivity index (χ0n) is 20.4. The lowest BCUT2D eigenvalue weighted by atomic mass is 9.87. The number of ether oxygens (including phenoxy) is 3. The Hall–Kier alpha value is -2.53. The molecule has 0 aliphatic carbocycles. The number of aliphatic hydroxyl groups excluding tert-OH is 2. The first kappa shape index (κ1) is 30.5. The Bertz CT molecular complexity index is 714. The van der Waals surface area contributed by atoms with E-state index in [4.69, 9.17) is 19.9 Å². The van der Waals surface area contributed by atoms with Gasteiger partial charge in [-0.15, -0.1) is 0 Å². The van der Waals surface area contributed by atoms with E-state index >= 15 is 0 Å². The molecular weight excluding hydrogens is 456 g/mol. The van der Waals surface area contributed by atoms with E-state index in [0.717, 1.165) is 24.6 Å². The van der Waals surface area contributed by atoms with E-state index in [9.17, 15) is 24.6 Å². The molecule has 4 N–H and O–H groups in total. The van der Waals surface area contributed by atoms with Gasteiger partial charge in [0, 0.05) is 30.7 Å². The third-order valence-corrected chi connectivity index (χ3v) is 6.15. The topological polar surface area (TPSA) is 149 Å². The van der Waals surface area contributed by atoms with Crippen molar-refractivity contribution in [3.63, 3.8) is 0 Å². The molecular formula is C25H40N2O8. The molecule has 5 unspecified atom stereocenters. The molecule has 1 heterocycles. The Balaban J connectivity index is 2.86. The maximum atomic E-state index is 11.4. The summed E-state index contributed by atoms with van der Waals surface area (Å²) in [5, 5.41) is 22.0. The summed E-state index contributed by atoms with van der Waals surface area (Å²) < 4.78 is 15.2. The van der Waals surface area contributed by atoms with Gasteiger partial charge < -0.3 is 30.2 Å². The molecule has 10 nitrogen and oxygen atoms in total. The number of hydrogen-bond acceptors (Lipinski definition) is 10. The largest absolute Gasteiger partial charge is 0.463 e. The monoisotopic (exact) mass is 496 g/mol. The summed E-state index contributed by atoms with van der Waals surface area (Å²) in [6, 6.07) is 0. The van der Waals surface area contributed by atoms with Crippen molar-refractivity contribution in [2.24, 2.45) is 17.6 Å². The number of unbranched alkanes of at least 4 members (excludes halogenated alkanes) is 1. The number of nitrogens with two attached hydrogens (primary N) is 1. The molecule has 5 atom stereocenters. The predicted molar refractivity (Wildman–Crippen MR) is 129 cm³/mol. The van der Waals surface area contributed by atoms with Gasteiger partial charge in [-0.25, -0.2) is 14.4 Å². The van der Waals surface area contributed by atoms with Crippen molar-refractivity contribution in [1.82, 2.24) is 4.90 Å². The van der Waals surface area contributed by atoms with Crippen LogP contribution >= 0.6 is 0 Å². The normalized spacial score (nSPS) is 25.3. The maximum absolute atomic E-state index is 11.4. The van der Waals surface area contributed by atoms with E-state index in [1.807, 2.05) is 0 Å². The SMILES string of the molecule is C=CC(=O)OCCCCC1CC(N)N(CCOC(=O)C=C)C(O)C(CCOC(=O)C=C)CCC1O. The maximum Gasteiger partial charge on any atom is 0.330 e. The Kier molecular flexibility index (Phi) is 14.8. The lowest BCUT2D eigenvalue weighted by molar-refractivity contribution is -0.141. The molecule has 1 fully saturated rings. The second kappa shape index (κ2) is 17.0. The number of hydrogen-bond donors (Lipinski definition) is 3. The standard InChI is InChI=1S/C25H40N2O8/c1-4-22(29)33-14-8-7-9-19-17-21(26)27(13-16-35-24(31)6-3)25(32)18(10-11-20(19)28)12-15-34-23(30)5-2/h4-6,18-21,25,28,32H,1-3,7-17,26H2. The van der Waals surface area contributed by atoms with Crippen molar-refractivity contribution < 1.29 is 38.8 Å². The average Bonchev–Trinajstić information content (AvgIpc) is 2.89. The number of rotatable bonds is 14. The van der Waals surface area contributed by atoms with Crippen LogP contribution in [0.5, 0.6) is 0 Å². The highest BCUT2D eigenvalue weighted by Crippen LogP contribution is 2.30. The lowest BCUT2D eigenvalue weighted by Gasteiger charge is -2.37. The van der Waals surface area contributed by atoms with Crippen LogP contribution in [0.4, 0.5) is 0 Å². The van der Waals surface area contributed by atoms with Crippen LogP contribution in [0.2, 0.25) is 0 Å². The summed E-state index contributed by atoms with van der Waals surface area (Å²) >= 11 is 0. The van der Waals surface area contributed by atoms with Crippen molar-refractivity contribution in [1.29, 1.82) is 0 Å². The van der Waals surface area contributed by atoms with Crippen molar-refractivity contribution in [2.45, 2.75) is 63.4 Å². The molecule has 0 radical (unpaired) electrons.